The number of benzene rings is 7. The lowest BCUT2D eigenvalue weighted by atomic mass is 9.95. The Morgan fingerprint density at radius 2 is 1.02 bits per heavy atom. The average Bonchev–Trinajstić information content (AvgIpc) is 3.21. The Labute approximate surface area is 292 Å². The summed E-state index contributed by atoms with van der Waals surface area (Å²) >= 11 is 0. The number of amidine groups is 1. The topological polar surface area (TPSA) is 37.3 Å². The van der Waals surface area contributed by atoms with Gasteiger partial charge in [0.1, 0.15) is 5.84 Å². The van der Waals surface area contributed by atoms with E-state index in [0.29, 0.717) is 0 Å². The number of hydrogen-bond donors (Lipinski definition) is 1. The molecule has 0 saturated carbocycles. The lowest BCUT2D eigenvalue weighted by molar-refractivity contribution is 0.781. The maximum Gasteiger partial charge on any atom is 0.134 e. The molecule has 0 radical (unpaired) electrons. The minimum Gasteiger partial charge on any atom is -0.359 e. The van der Waals surface area contributed by atoms with E-state index >= 15 is 0 Å². The molecule has 2 heterocycles. The molecule has 7 aromatic carbocycles. The van der Waals surface area contributed by atoms with Gasteiger partial charge < -0.3 is 5.32 Å². The van der Waals surface area contributed by atoms with Crippen molar-refractivity contribution >= 4 is 33.1 Å². The summed E-state index contributed by atoms with van der Waals surface area (Å²) in [6.45, 7) is 0. The van der Waals surface area contributed by atoms with Gasteiger partial charge in [0.2, 0.25) is 0 Å². The number of aliphatic imine (C=N–C) groups is 1. The molecule has 1 N–H and O–H groups in total. The van der Waals surface area contributed by atoms with Crippen molar-refractivity contribution in [2.75, 3.05) is 0 Å². The molecule has 1 aromatic heterocycles. The minimum atomic E-state index is -0.0667. The van der Waals surface area contributed by atoms with Crippen molar-refractivity contribution in [2.45, 2.75) is 6.04 Å². The summed E-state index contributed by atoms with van der Waals surface area (Å²) in [5.41, 5.74) is 11.3. The van der Waals surface area contributed by atoms with Crippen LogP contribution >= 0.6 is 0 Å². The van der Waals surface area contributed by atoms with Crippen LogP contribution in [0.5, 0.6) is 0 Å². The fourth-order valence-corrected chi connectivity index (χ4v) is 7.02. The average molecular weight is 640 g/mol. The predicted octanol–water partition coefficient (Wildman–Crippen LogP) is 11.5. The van der Waals surface area contributed by atoms with Crippen LogP contribution in [-0.2, 0) is 0 Å². The van der Waals surface area contributed by atoms with Gasteiger partial charge in [-0.1, -0.05) is 164 Å². The Kier molecular flexibility index (Phi) is 7.56. The highest BCUT2D eigenvalue weighted by molar-refractivity contribution is 6.05. The van der Waals surface area contributed by atoms with Crippen LogP contribution in [0.1, 0.15) is 22.7 Å². The molecular weight excluding hydrogens is 607 g/mol. The Morgan fingerprint density at radius 1 is 0.420 bits per heavy atom. The van der Waals surface area contributed by atoms with Crippen LogP contribution in [0.15, 0.2) is 193 Å². The van der Waals surface area contributed by atoms with E-state index in [4.69, 9.17) is 4.99 Å². The summed E-state index contributed by atoms with van der Waals surface area (Å²) in [6.07, 6.45) is 6.13. The monoisotopic (exact) mass is 639 g/mol. The molecule has 0 spiro atoms. The second-order valence-corrected chi connectivity index (χ2v) is 12.7. The van der Waals surface area contributed by atoms with Crippen LogP contribution < -0.4 is 5.32 Å². The first kappa shape index (κ1) is 29.6. The second kappa shape index (κ2) is 12.8. The van der Waals surface area contributed by atoms with Gasteiger partial charge in [-0.25, -0.2) is 4.99 Å². The standard InChI is InChI=1S/C47H33N3/c1-2-10-32(11-3-1)33-20-24-36(25-21-33)45-29-46(39-16-8-15-38(28-39)44-31-48-30-40-13-5-7-18-43(40)44)50-47(49-45)37-26-22-35(23-27-37)42-19-9-14-34-12-4-6-17-41(34)42/h1-31,45H,(H,49,50). The highest BCUT2D eigenvalue weighted by Gasteiger charge is 2.21. The van der Waals surface area contributed by atoms with Crippen molar-refractivity contribution < 1.29 is 0 Å². The lowest BCUT2D eigenvalue weighted by Crippen LogP contribution is -2.31. The van der Waals surface area contributed by atoms with Gasteiger partial charge >= 0.3 is 0 Å². The van der Waals surface area contributed by atoms with E-state index in [-0.39, 0.29) is 6.04 Å². The van der Waals surface area contributed by atoms with E-state index < -0.39 is 0 Å². The number of pyridine rings is 1. The Hall–Kier alpha value is -6.58. The quantitative estimate of drug-likeness (QED) is 0.197. The third-order valence-corrected chi connectivity index (χ3v) is 9.62. The zero-order valence-corrected chi connectivity index (χ0v) is 27.4. The number of nitrogens with zero attached hydrogens (tertiary/aromatic N) is 2. The minimum absolute atomic E-state index is 0.0667. The van der Waals surface area contributed by atoms with Crippen LogP contribution in [0.25, 0.3) is 60.6 Å². The van der Waals surface area contributed by atoms with E-state index in [2.05, 4.69) is 186 Å². The summed E-state index contributed by atoms with van der Waals surface area (Å²) in [4.78, 5) is 9.82. The third kappa shape index (κ3) is 5.65. The molecule has 3 nitrogen and oxygen atoms in total. The maximum atomic E-state index is 5.26. The molecule has 9 rings (SSSR count). The Bertz CT molecular complexity index is 2540. The number of hydrogen-bond acceptors (Lipinski definition) is 3. The molecule has 1 atom stereocenters. The maximum absolute atomic E-state index is 5.26. The number of rotatable bonds is 6. The normalized spacial score (nSPS) is 14.2. The summed E-state index contributed by atoms with van der Waals surface area (Å²) in [7, 11) is 0. The van der Waals surface area contributed by atoms with Crippen LogP contribution in [0, 0.1) is 0 Å². The van der Waals surface area contributed by atoms with Gasteiger partial charge in [-0.3, -0.25) is 4.98 Å². The first-order chi connectivity index (χ1) is 24.8. The fourth-order valence-electron chi connectivity index (χ4n) is 7.02. The highest BCUT2D eigenvalue weighted by atomic mass is 15.0. The molecule has 0 bridgehead atoms. The number of nitrogens with one attached hydrogen (secondary N) is 1. The molecular formula is C47H33N3. The van der Waals surface area contributed by atoms with Crippen molar-refractivity contribution in [3.63, 3.8) is 0 Å². The van der Waals surface area contributed by atoms with Gasteiger partial charge in [0, 0.05) is 34.5 Å². The Balaban J connectivity index is 1.11. The van der Waals surface area contributed by atoms with Crippen LogP contribution in [0.2, 0.25) is 0 Å². The molecule has 1 unspecified atom stereocenters. The molecule has 0 aliphatic carbocycles. The van der Waals surface area contributed by atoms with Crippen LogP contribution in [-0.4, -0.2) is 10.8 Å². The van der Waals surface area contributed by atoms with Crippen molar-refractivity contribution in [1.29, 1.82) is 0 Å². The summed E-state index contributed by atoms with van der Waals surface area (Å²) < 4.78 is 0. The van der Waals surface area contributed by atoms with Gasteiger partial charge in [-0.15, -0.1) is 0 Å². The molecule has 0 saturated heterocycles. The number of fused-ring (bicyclic) bond motifs is 2. The first-order valence-electron chi connectivity index (χ1n) is 17.0. The molecule has 0 fully saturated rings. The van der Waals surface area contributed by atoms with Crippen molar-refractivity contribution in [3.8, 4) is 33.4 Å². The molecule has 8 aromatic rings. The molecule has 1 aliphatic heterocycles. The van der Waals surface area contributed by atoms with Gasteiger partial charge in [0.05, 0.1) is 11.7 Å². The van der Waals surface area contributed by atoms with E-state index in [1.54, 1.807) is 0 Å². The lowest BCUT2D eigenvalue weighted by Gasteiger charge is -2.25. The van der Waals surface area contributed by atoms with Crippen molar-refractivity contribution in [3.05, 3.63) is 205 Å². The van der Waals surface area contributed by atoms with Crippen LogP contribution in [0.4, 0.5) is 0 Å². The van der Waals surface area contributed by atoms with Crippen LogP contribution in [0.3, 0.4) is 0 Å². The van der Waals surface area contributed by atoms with Gasteiger partial charge in [0.15, 0.2) is 0 Å². The van der Waals surface area contributed by atoms with Gasteiger partial charge in [-0.2, -0.15) is 0 Å². The van der Waals surface area contributed by atoms with E-state index in [0.717, 1.165) is 39.2 Å². The van der Waals surface area contributed by atoms with E-state index in [1.165, 1.54) is 44.0 Å². The number of aromatic nitrogens is 1. The van der Waals surface area contributed by atoms with E-state index in [1.807, 2.05) is 12.4 Å². The fraction of sp³-hybridized carbons (Fsp3) is 0.0213. The van der Waals surface area contributed by atoms with Crippen molar-refractivity contribution in [2.24, 2.45) is 4.99 Å². The highest BCUT2D eigenvalue weighted by Crippen LogP contribution is 2.34. The molecule has 0 amide bonds. The first-order valence-corrected chi connectivity index (χ1v) is 17.0. The Morgan fingerprint density at radius 3 is 1.84 bits per heavy atom. The van der Waals surface area contributed by atoms with Gasteiger partial charge in [0.25, 0.3) is 0 Å². The molecule has 1 aliphatic rings. The van der Waals surface area contributed by atoms with E-state index in [9.17, 15) is 0 Å². The van der Waals surface area contributed by atoms with Crippen molar-refractivity contribution in [1.82, 2.24) is 10.3 Å². The summed E-state index contributed by atoms with van der Waals surface area (Å²) in [5.74, 6) is 0.848. The largest absolute Gasteiger partial charge is 0.359 e. The summed E-state index contributed by atoms with van der Waals surface area (Å²) in [5, 5.41) is 8.57. The third-order valence-electron chi connectivity index (χ3n) is 9.62. The smallest absolute Gasteiger partial charge is 0.134 e. The SMILES string of the molecule is C1=C(c2cccc(-c3cncc4ccccc34)c2)N=C(c2ccc(-c3cccc4ccccc34)cc2)NC1c1ccc(-c2ccccc2)cc1. The summed E-state index contributed by atoms with van der Waals surface area (Å²) in [6, 6.07) is 60.2. The predicted molar refractivity (Wildman–Crippen MR) is 209 cm³/mol. The van der Waals surface area contributed by atoms with Gasteiger partial charge in [-0.05, 0) is 61.7 Å². The zero-order chi connectivity index (χ0) is 33.3. The molecule has 236 valence electrons. The molecule has 3 heteroatoms. The molecule has 50 heavy (non-hydrogen) atoms. The zero-order valence-electron chi connectivity index (χ0n) is 27.4. The second-order valence-electron chi connectivity index (χ2n) is 12.7.